The Hall–Kier alpha value is -1.79. The molecule has 0 spiro atoms. The van der Waals surface area contributed by atoms with Crippen LogP contribution >= 0.6 is 11.3 Å². The predicted octanol–water partition coefficient (Wildman–Crippen LogP) is 1.74. The van der Waals surface area contributed by atoms with Crippen LogP contribution in [0.5, 0.6) is 0 Å². The van der Waals surface area contributed by atoms with Crippen LogP contribution in [0.1, 0.15) is 15.4 Å². The Bertz CT molecular complexity index is 631. The van der Waals surface area contributed by atoms with E-state index in [0.29, 0.717) is 17.4 Å². The minimum Gasteiger partial charge on any atom is -0.338 e. The standard InChI is InChI=1S/C16H18N4OS/c21-16(12-2-1-3-17-6-12)20-9-13-7-19(8-14(13)10-20)11-15-18-4-5-22-15/h1-6,13-14H,7-11H2/t13-,14+. The highest BCUT2D eigenvalue weighted by molar-refractivity contribution is 7.09. The summed E-state index contributed by atoms with van der Waals surface area (Å²) in [6.07, 6.45) is 5.22. The predicted molar refractivity (Wildman–Crippen MR) is 84.5 cm³/mol. The van der Waals surface area contributed by atoms with Gasteiger partial charge in [-0.05, 0) is 24.0 Å². The van der Waals surface area contributed by atoms with Gasteiger partial charge in [0.15, 0.2) is 0 Å². The summed E-state index contributed by atoms with van der Waals surface area (Å²) in [4.78, 5) is 25.3. The lowest BCUT2D eigenvalue weighted by molar-refractivity contribution is 0.0773. The maximum Gasteiger partial charge on any atom is 0.255 e. The Morgan fingerprint density at radius 3 is 2.68 bits per heavy atom. The van der Waals surface area contributed by atoms with Crippen molar-refractivity contribution in [2.75, 3.05) is 26.2 Å². The van der Waals surface area contributed by atoms with Crippen LogP contribution in [0.15, 0.2) is 36.1 Å². The van der Waals surface area contributed by atoms with Gasteiger partial charge in [-0.2, -0.15) is 0 Å². The number of nitrogens with zero attached hydrogens (tertiary/aromatic N) is 4. The zero-order valence-electron chi connectivity index (χ0n) is 12.3. The minimum atomic E-state index is 0.119. The SMILES string of the molecule is O=C(c1cccnc1)N1C[C@H]2CN(Cc3nccs3)C[C@H]2C1. The quantitative estimate of drug-likeness (QED) is 0.866. The van der Waals surface area contributed by atoms with E-state index in [0.717, 1.165) is 32.7 Å². The molecule has 22 heavy (non-hydrogen) atoms. The van der Waals surface area contributed by atoms with E-state index in [4.69, 9.17) is 0 Å². The van der Waals surface area contributed by atoms with Crippen LogP contribution in [0.3, 0.4) is 0 Å². The van der Waals surface area contributed by atoms with Gasteiger partial charge in [-0.1, -0.05) is 0 Å². The first-order valence-electron chi connectivity index (χ1n) is 7.59. The molecule has 5 nitrogen and oxygen atoms in total. The van der Waals surface area contributed by atoms with E-state index in [2.05, 4.69) is 14.9 Å². The van der Waals surface area contributed by atoms with Crippen LogP contribution in [0, 0.1) is 11.8 Å². The van der Waals surface area contributed by atoms with Gasteiger partial charge in [-0.15, -0.1) is 11.3 Å². The zero-order valence-corrected chi connectivity index (χ0v) is 13.1. The fraction of sp³-hybridized carbons (Fsp3) is 0.438. The normalized spacial score (nSPS) is 24.6. The van der Waals surface area contributed by atoms with E-state index in [1.807, 2.05) is 28.6 Å². The lowest BCUT2D eigenvalue weighted by Crippen LogP contribution is -2.33. The molecule has 2 aliphatic heterocycles. The number of hydrogen-bond donors (Lipinski definition) is 0. The molecule has 6 heteroatoms. The second-order valence-corrected chi connectivity index (χ2v) is 7.07. The van der Waals surface area contributed by atoms with Crippen LogP contribution in [-0.2, 0) is 6.54 Å². The first-order valence-corrected chi connectivity index (χ1v) is 8.47. The van der Waals surface area contributed by atoms with Gasteiger partial charge in [0.2, 0.25) is 0 Å². The number of thiazole rings is 1. The smallest absolute Gasteiger partial charge is 0.255 e. The van der Waals surface area contributed by atoms with Gasteiger partial charge in [0, 0.05) is 50.1 Å². The molecule has 2 aromatic heterocycles. The second-order valence-electron chi connectivity index (χ2n) is 6.09. The lowest BCUT2D eigenvalue weighted by atomic mass is 10.0. The number of fused-ring (bicyclic) bond motifs is 1. The highest BCUT2D eigenvalue weighted by atomic mass is 32.1. The second kappa shape index (κ2) is 5.78. The highest BCUT2D eigenvalue weighted by Gasteiger charge is 2.41. The van der Waals surface area contributed by atoms with Crippen LogP contribution in [0.25, 0.3) is 0 Å². The van der Waals surface area contributed by atoms with Gasteiger partial charge in [-0.3, -0.25) is 14.7 Å². The van der Waals surface area contributed by atoms with Crippen molar-refractivity contribution in [3.63, 3.8) is 0 Å². The average Bonchev–Trinajstić information content (AvgIpc) is 3.24. The first kappa shape index (κ1) is 13.8. The zero-order chi connectivity index (χ0) is 14.9. The Labute approximate surface area is 133 Å². The van der Waals surface area contributed by atoms with E-state index in [-0.39, 0.29) is 5.91 Å². The van der Waals surface area contributed by atoms with Crippen molar-refractivity contribution in [1.82, 2.24) is 19.8 Å². The molecule has 1 amide bonds. The van der Waals surface area contributed by atoms with Gasteiger partial charge in [0.05, 0.1) is 12.1 Å². The molecule has 2 atom stereocenters. The maximum absolute atomic E-state index is 12.5. The van der Waals surface area contributed by atoms with E-state index < -0.39 is 0 Å². The molecule has 2 saturated heterocycles. The molecule has 0 radical (unpaired) electrons. The van der Waals surface area contributed by atoms with Gasteiger partial charge < -0.3 is 4.90 Å². The summed E-state index contributed by atoms with van der Waals surface area (Å²) in [6.45, 7) is 4.82. The Morgan fingerprint density at radius 1 is 1.23 bits per heavy atom. The molecule has 114 valence electrons. The van der Waals surface area contributed by atoms with Crippen molar-refractivity contribution in [3.05, 3.63) is 46.7 Å². The summed E-state index contributed by atoms with van der Waals surface area (Å²) in [6, 6.07) is 3.66. The minimum absolute atomic E-state index is 0.119. The molecule has 0 N–H and O–H groups in total. The van der Waals surface area contributed by atoms with Gasteiger partial charge in [0.25, 0.3) is 5.91 Å². The Balaban J connectivity index is 1.36. The molecule has 0 saturated carbocycles. The molecule has 4 rings (SSSR count). The molecular weight excluding hydrogens is 296 g/mol. The number of carbonyl (C=O) groups is 1. The summed E-state index contributed by atoms with van der Waals surface area (Å²) < 4.78 is 0. The summed E-state index contributed by atoms with van der Waals surface area (Å²) >= 11 is 1.72. The monoisotopic (exact) mass is 314 g/mol. The summed E-state index contributed by atoms with van der Waals surface area (Å²) in [7, 11) is 0. The molecule has 2 aliphatic rings. The summed E-state index contributed by atoms with van der Waals surface area (Å²) in [5.41, 5.74) is 0.696. The Morgan fingerprint density at radius 2 is 2.05 bits per heavy atom. The van der Waals surface area contributed by atoms with Crippen molar-refractivity contribution in [2.45, 2.75) is 6.54 Å². The molecule has 0 aromatic carbocycles. The number of rotatable bonds is 3. The van der Waals surface area contributed by atoms with Crippen LogP contribution in [0.4, 0.5) is 0 Å². The lowest BCUT2D eigenvalue weighted by Gasteiger charge is -2.21. The molecule has 2 aromatic rings. The molecule has 4 heterocycles. The molecule has 0 unspecified atom stereocenters. The fourth-order valence-corrected chi connectivity index (χ4v) is 4.24. The molecule has 0 bridgehead atoms. The number of pyridine rings is 1. The Kier molecular flexibility index (Phi) is 3.63. The maximum atomic E-state index is 12.5. The topological polar surface area (TPSA) is 49.3 Å². The summed E-state index contributed by atoms with van der Waals surface area (Å²) in [5.74, 6) is 1.31. The van der Waals surface area contributed by atoms with Crippen molar-refractivity contribution >= 4 is 17.2 Å². The van der Waals surface area contributed by atoms with Crippen LogP contribution in [-0.4, -0.2) is 51.9 Å². The van der Waals surface area contributed by atoms with E-state index in [1.165, 1.54) is 5.01 Å². The first-order chi connectivity index (χ1) is 10.8. The van der Waals surface area contributed by atoms with Crippen LogP contribution < -0.4 is 0 Å². The number of likely N-dealkylation sites (tertiary alicyclic amines) is 2. The third-order valence-electron chi connectivity index (χ3n) is 4.60. The molecule has 2 fully saturated rings. The average molecular weight is 314 g/mol. The largest absolute Gasteiger partial charge is 0.338 e. The highest BCUT2D eigenvalue weighted by Crippen LogP contribution is 2.32. The number of aromatic nitrogens is 2. The van der Waals surface area contributed by atoms with Crippen molar-refractivity contribution < 1.29 is 4.79 Å². The van der Waals surface area contributed by atoms with Crippen molar-refractivity contribution in [2.24, 2.45) is 11.8 Å². The summed E-state index contributed by atoms with van der Waals surface area (Å²) in [5, 5.41) is 3.21. The third-order valence-corrected chi connectivity index (χ3v) is 5.36. The number of carbonyl (C=O) groups excluding carboxylic acids is 1. The van der Waals surface area contributed by atoms with E-state index >= 15 is 0 Å². The molecule has 0 aliphatic carbocycles. The van der Waals surface area contributed by atoms with E-state index in [9.17, 15) is 4.79 Å². The van der Waals surface area contributed by atoms with Crippen LogP contribution in [0.2, 0.25) is 0 Å². The van der Waals surface area contributed by atoms with Gasteiger partial charge in [-0.25, -0.2) is 4.98 Å². The third kappa shape index (κ3) is 2.64. The fourth-order valence-electron chi connectivity index (χ4n) is 3.58. The number of amides is 1. The van der Waals surface area contributed by atoms with Gasteiger partial charge in [0.1, 0.15) is 5.01 Å². The van der Waals surface area contributed by atoms with E-state index in [1.54, 1.807) is 23.7 Å². The number of hydrogen-bond acceptors (Lipinski definition) is 5. The molecular formula is C16H18N4OS. The van der Waals surface area contributed by atoms with Gasteiger partial charge >= 0.3 is 0 Å². The van der Waals surface area contributed by atoms with Crippen molar-refractivity contribution in [1.29, 1.82) is 0 Å². The van der Waals surface area contributed by atoms with Crippen molar-refractivity contribution in [3.8, 4) is 0 Å².